The summed E-state index contributed by atoms with van der Waals surface area (Å²) in [5.41, 5.74) is 1.47. The summed E-state index contributed by atoms with van der Waals surface area (Å²) in [7, 11) is 0. The van der Waals surface area contributed by atoms with Gasteiger partial charge in [0, 0.05) is 5.02 Å². The fourth-order valence-electron chi connectivity index (χ4n) is 1.93. The molecule has 90 valence electrons. The molecule has 0 aliphatic rings. The summed E-state index contributed by atoms with van der Waals surface area (Å²) in [5, 5.41) is 0.595. The summed E-state index contributed by atoms with van der Waals surface area (Å²) < 4.78 is 14.6. The molecule has 1 heterocycles. The lowest BCUT2D eigenvalue weighted by molar-refractivity contribution is 0.629. The van der Waals surface area contributed by atoms with Crippen LogP contribution in [0, 0.1) is 5.82 Å². The van der Waals surface area contributed by atoms with Gasteiger partial charge in [-0.15, -0.1) is 0 Å². The predicted molar refractivity (Wildman–Crippen MR) is 68.9 cm³/mol. The van der Waals surface area contributed by atoms with E-state index in [1.165, 1.54) is 16.7 Å². The molecule has 0 atom stereocenters. The van der Waals surface area contributed by atoms with Gasteiger partial charge in [-0.25, -0.2) is 9.18 Å². The molecule has 0 amide bonds. The van der Waals surface area contributed by atoms with Crippen LogP contribution in [0.25, 0.3) is 16.7 Å². The third kappa shape index (κ3) is 1.71. The second kappa shape index (κ2) is 3.99. The zero-order valence-corrected chi connectivity index (χ0v) is 9.91. The number of fused-ring (bicyclic) bond motifs is 1. The molecule has 0 saturated heterocycles. The van der Waals surface area contributed by atoms with Crippen LogP contribution in [0.4, 0.5) is 4.39 Å². The van der Waals surface area contributed by atoms with E-state index in [0.717, 1.165) is 0 Å². The maximum absolute atomic E-state index is 13.1. The molecular formula is C13H8ClFN2O. The van der Waals surface area contributed by atoms with Gasteiger partial charge < -0.3 is 4.98 Å². The van der Waals surface area contributed by atoms with Crippen molar-refractivity contribution in [2.24, 2.45) is 0 Å². The molecule has 3 nitrogen and oxygen atoms in total. The van der Waals surface area contributed by atoms with Crippen LogP contribution in [0.15, 0.2) is 47.3 Å². The van der Waals surface area contributed by atoms with E-state index in [9.17, 15) is 9.18 Å². The molecule has 0 spiro atoms. The van der Waals surface area contributed by atoms with Crippen LogP contribution in [0.3, 0.4) is 0 Å². The molecule has 0 fully saturated rings. The highest BCUT2D eigenvalue weighted by molar-refractivity contribution is 6.30. The van der Waals surface area contributed by atoms with Crippen LogP contribution in [-0.4, -0.2) is 9.55 Å². The number of aromatic nitrogens is 2. The molecule has 1 N–H and O–H groups in total. The number of hydrogen-bond donors (Lipinski definition) is 1. The number of aromatic amines is 1. The van der Waals surface area contributed by atoms with Crippen molar-refractivity contribution in [3.8, 4) is 5.69 Å². The van der Waals surface area contributed by atoms with Crippen LogP contribution in [-0.2, 0) is 0 Å². The molecular weight excluding hydrogens is 255 g/mol. The van der Waals surface area contributed by atoms with E-state index in [-0.39, 0.29) is 11.5 Å². The minimum absolute atomic E-state index is 0.307. The zero-order chi connectivity index (χ0) is 12.7. The number of rotatable bonds is 1. The van der Waals surface area contributed by atoms with Gasteiger partial charge in [-0.3, -0.25) is 4.57 Å². The normalized spacial score (nSPS) is 11.0. The van der Waals surface area contributed by atoms with E-state index in [2.05, 4.69) is 4.98 Å². The van der Waals surface area contributed by atoms with E-state index in [1.54, 1.807) is 30.3 Å². The third-order valence-corrected chi connectivity index (χ3v) is 2.98. The molecule has 2 aromatic carbocycles. The lowest BCUT2D eigenvalue weighted by Crippen LogP contribution is -2.14. The monoisotopic (exact) mass is 262 g/mol. The standard InChI is InChI=1S/C13H8ClFN2O/c14-8-1-4-10(5-2-8)17-12-6-3-9(15)7-11(12)16-13(17)18/h1-7H,(H,16,18). The van der Waals surface area contributed by atoms with E-state index < -0.39 is 0 Å². The largest absolute Gasteiger partial charge is 0.331 e. The summed E-state index contributed by atoms with van der Waals surface area (Å²) in [6.07, 6.45) is 0. The Morgan fingerprint density at radius 3 is 2.56 bits per heavy atom. The Morgan fingerprint density at radius 2 is 1.83 bits per heavy atom. The molecule has 18 heavy (non-hydrogen) atoms. The fraction of sp³-hybridized carbons (Fsp3) is 0. The third-order valence-electron chi connectivity index (χ3n) is 2.73. The number of H-pyrrole nitrogens is 1. The molecule has 0 aliphatic heterocycles. The first kappa shape index (κ1) is 11.0. The molecule has 0 unspecified atom stereocenters. The van der Waals surface area contributed by atoms with Gasteiger partial charge in [0.05, 0.1) is 16.7 Å². The van der Waals surface area contributed by atoms with Gasteiger partial charge in [-0.1, -0.05) is 11.6 Å². The smallest absolute Gasteiger partial charge is 0.305 e. The number of benzene rings is 2. The zero-order valence-electron chi connectivity index (χ0n) is 9.15. The number of imidazole rings is 1. The van der Waals surface area contributed by atoms with Crippen molar-refractivity contribution in [2.45, 2.75) is 0 Å². The lowest BCUT2D eigenvalue weighted by atomic mass is 10.2. The van der Waals surface area contributed by atoms with Crippen molar-refractivity contribution in [1.29, 1.82) is 0 Å². The van der Waals surface area contributed by atoms with Crippen molar-refractivity contribution in [3.05, 3.63) is 63.8 Å². The van der Waals surface area contributed by atoms with E-state index in [0.29, 0.717) is 21.7 Å². The quantitative estimate of drug-likeness (QED) is 0.719. The van der Waals surface area contributed by atoms with Crippen LogP contribution >= 0.6 is 11.6 Å². The topological polar surface area (TPSA) is 37.8 Å². The molecule has 0 bridgehead atoms. The maximum atomic E-state index is 13.1. The summed E-state index contributed by atoms with van der Waals surface area (Å²) in [4.78, 5) is 14.5. The summed E-state index contributed by atoms with van der Waals surface area (Å²) >= 11 is 5.81. The van der Waals surface area contributed by atoms with Gasteiger partial charge in [-0.2, -0.15) is 0 Å². The Hall–Kier alpha value is -2.07. The van der Waals surface area contributed by atoms with Crippen molar-refractivity contribution in [3.63, 3.8) is 0 Å². The molecule has 0 radical (unpaired) electrons. The number of halogens is 2. The fourth-order valence-corrected chi connectivity index (χ4v) is 2.06. The number of hydrogen-bond acceptors (Lipinski definition) is 1. The van der Waals surface area contributed by atoms with Gasteiger partial charge in [0.1, 0.15) is 5.82 Å². The Balaban J connectivity index is 2.32. The Bertz CT molecular complexity index is 774. The van der Waals surface area contributed by atoms with Gasteiger partial charge in [0.15, 0.2) is 0 Å². The van der Waals surface area contributed by atoms with Crippen molar-refractivity contribution in [1.82, 2.24) is 9.55 Å². The van der Waals surface area contributed by atoms with Crippen molar-refractivity contribution >= 4 is 22.6 Å². The minimum Gasteiger partial charge on any atom is -0.305 e. The van der Waals surface area contributed by atoms with E-state index >= 15 is 0 Å². The van der Waals surface area contributed by atoms with Crippen LogP contribution in [0.5, 0.6) is 0 Å². The van der Waals surface area contributed by atoms with Crippen LogP contribution in [0.1, 0.15) is 0 Å². The number of nitrogens with zero attached hydrogens (tertiary/aromatic N) is 1. The van der Waals surface area contributed by atoms with Gasteiger partial charge in [0.2, 0.25) is 0 Å². The van der Waals surface area contributed by atoms with Gasteiger partial charge in [0.25, 0.3) is 0 Å². The summed E-state index contributed by atoms with van der Waals surface area (Å²) in [5.74, 6) is -0.382. The summed E-state index contributed by atoms with van der Waals surface area (Å²) in [6.45, 7) is 0. The van der Waals surface area contributed by atoms with Crippen LogP contribution in [0.2, 0.25) is 5.02 Å². The highest BCUT2D eigenvalue weighted by Crippen LogP contribution is 2.18. The summed E-state index contributed by atoms with van der Waals surface area (Å²) in [6, 6.07) is 11.1. The molecule has 0 aliphatic carbocycles. The van der Waals surface area contributed by atoms with Crippen molar-refractivity contribution < 1.29 is 4.39 Å². The second-order valence-corrected chi connectivity index (χ2v) is 4.34. The minimum atomic E-state index is -0.382. The first-order chi connectivity index (χ1) is 8.65. The van der Waals surface area contributed by atoms with Crippen LogP contribution < -0.4 is 5.69 Å². The Morgan fingerprint density at radius 1 is 1.11 bits per heavy atom. The molecule has 0 saturated carbocycles. The average molecular weight is 263 g/mol. The highest BCUT2D eigenvalue weighted by atomic mass is 35.5. The van der Waals surface area contributed by atoms with E-state index in [4.69, 9.17) is 11.6 Å². The Labute approximate surface area is 106 Å². The molecule has 5 heteroatoms. The Kier molecular flexibility index (Phi) is 2.45. The molecule has 1 aromatic heterocycles. The SMILES string of the molecule is O=c1[nH]c2cc(F)ccc2n1-c1ccc(Cl)cc1. The predicted octanol–water partition coefficient (Wildman–Crippen LogP) is 3.11. The first-order valence-corrected chi connectivity index (χ1v) is 5.69. The molecule has 3 rings (SSSR count). The first-order valence-electron chi connectivity index (χ1n) is 5.31. The van der Waals surface area contributed by atoms with E-state index in [1.807, 2.05) is 0 Å². The second-order valence-electron chi connectivity index (χ2n) is 3.90. The van der Waals surface area contributed by atoms with Gasteiger partial charge >= 0.3 is 5.69 Å². The maximum Gasteiger partial charge on any atom is 0.331 e. The lowest BCUT2D eigenvalue weighted by Gasteiger charge is -2.03. The van der Waals surface area contributed by atoms with Crippen molar-refractivity contribution in [2.75, 3.05) is 0 Å². The van der Waals surface area contributed by atoms with Gasteiger partial charge in [-0.05, 0) is 42.5 Å². The molecule has 3 aromatic rings. The number of nitrogens with one attached hydrogen (secondary N) is 1. The highest BCUT2D eigenvalue weighted by Gasteiger charge is 2.08. The average Bonchev–Trinajstić information content (AvgIpc) is 2.65.